The third kappa shape index (κ3) is 2.81. The molecule has 0 aliphatic carbocycles. The van der Waals surface area contributed by atoms with E-state index in [4.69, 9.17) is 16.1 Å². The molecule has 0 amide bonds. The third-order valence-electron chi connectivity index (χ3n) is 2.41. The van der Waals surface area contributed by atoms with Gasteiger partial charge in [-0.2, -0.15) is 4.98 Å². The molecular weight excluding hydrogens is 509 g/mol. The predicted octanol–water partition coefficient (Wildman–Crippen LogP) is 5.33. The van der Waals surface area contributed by atoms with Crippen molar-refractivity contribution < 1.29 is 4.52 Å². The van der Waals surface area contributed by atoms with Gasteiger partial charge in [-0.25, -0.2) is 0 Å². The topological polar surface area (TPSA) is 38.9 Å². The fraction of sp³-hybridized carbons (Fsp3) is 0. The van der Waals surface area contributed by atoms with Crippen LogP contribution >= 0.6 is 68.1 Å². The van der Waals surface area contributed by atoms with Crippen LogP contribution in [0.4, 0.5) is 0 Å². The van der Waals surface area contributed by atoms with E-state index < -0.39 is 0 Å². The lowest BCUT2D eigenvalue weighted by atomic mass is 10.2. The van der Waals surface area contributed by atoms with Crippen molar-refractivity contribution in [1.82, 2.24) is 10.1 Å². The minimum atomic E-state index is 0.462. The van der Waals surface area contributed by atoms with Gasteiger partial charge >= 0.3 is 0 Å². The van der Waals surface area contributed by atoms with Crippen LogP contribution in [-0.2, 0) is 0 Å². The van der Waals surface area contributed by atoms with Crippen LogP contribution in [-0.4, -0.2) is 10.1 Å². The molecule has 0 atom stereocenters. The molecule has 0 unspecified atom stereocenters. The predicted molar refractivity (Wildman–Crippen MR) is 93.5 cm³/mol. The summed E-state index contributed by atoms with van der Waals surface area (Å²) < 4.78 is 7.56. The second kappa shape index (κ2) is 5.66. The molecule has 2 heterocycles. The van der Waals surface area contributed by atoms with Gasteiger partial charge in [-0.05, 0) is 74.8 Å². The van der Waals surface area contributed by atoms with Gasteiger partial charge in [0.25, 0.3) is 5.89 Å². The maximum atomic E-state index is 6.06. The van der Waals surface area contributed by atoms with Crippen molar-refractivity contribution in [3.8, 4) is 22.2 Å². The molecule has 1 aromatic carbocycles. The van der Waals surface area contributed by atoms with Crippen LogP contribution < -0.4 is 0 Å². The van der Waals surface area contributed by atoms with Crippen molar-refractivity contribution in [2.45, 2.75) is 0 Å². The first kappa shape index (κ1) is 13.8. The standard InChI is InChI=1S/C12H5ClI2N2OS/c13-8-3-4-19-10(8)12-16-11(17-18-12)7-2-1-6(14)5-9(7)15/h1-5H. The molecule has 0 N–H and O–H groups in total. The molecule has 3 aromatic rings. The lowest BCUT2D eigenvalue weighted by Gasteiger charge is -1.99. The van der Waals surface area contributed by atoms with E-state index in [1.807, 2.05) is 23.6 Å². The number of halogens is 3. The molecule has 0 fully saturated rings. The van der Waals surface area contributed by atoms with E-state index in [9.17, 15) is 0 Å². The second-order valence-electron chi connectivity index (χ2n) is 3.64. The highest BCUT2D eigenvalue weighted by molar-refractivity contribution is 14.1. The van der Waals surface area contributed by atoms with Gasteiger partial charge in [-0.15, -0.1) is 11.3 Å². The quantitative estimate of drug-likeness (QED) is 0.434. The molecule has 0 saturated heterocycles. The summed E-state index contributed by atoms with van der Waals surface area (Å²) in [6, 6.07) is 7.91. The van der Waals surface area contributed by atoms with E-state index in [1.54, 1.807) is 0 Å². The third-order valence-corrected chi connectivity index (χ3v) is 5.30. The summed E-state index contributed by atoms with van der Waals surface area (Å²) in [5, 5.41) is 6.56. The molecule has 7 heteroatoms. The van der Waals surface area contributed by atoms with Gasteiger partial charge in [0, 0.05) is 12.7 Å². The Kier molecular flexibility index (Phi) is 4.11. The Balaban J connectivity index is 2.04. The summed E-state index contributed by atoms with van der Waals surface area (Å²) in [5.74, 6) is 1.05. The summed E-state index contributed by atoms with van der Waals surface area (Å²) in [7, 11) is 0. The normalized spacial score (nSPS) is 10.9. The van der Waals surface area contributed by atoms with Gasteiger partial charge in [0.1, 0.15) is 4.88 Å². The molecule has 3 rings (SSSR count). The molecule has 96 valence electrons. The summed E-state index contributed by atoms with van der Waals surface area (Å²) in [5.41, 5.74) is 0.962. The van der Waals surface area contributed by atoms with Crippen molar-refractivity contribution in [2.24, 2.45) is 0 Å². The molecule has 19 heavy (non-hydrogen) atoms. The summed E-state index contributed by atoms with van der Waals surface area (Å²) in [6.07, 6.45) is 0. The van der Waals surface area contributed by atoms with Crippen LogP contribution in [0.15, 0.2) is 34.2 Å². The molecule has 0 aliphatic heterocycles. The van der Waals surface area contributed by atoms with Crippen LogP contribution in [0.3, 0.4) is 0 Å². The van der Waals surface area contributed by atoms with E-state index >= 15 is 0 Å². The Bertz CT molecular complexity index is 741. The van der Waals surface area contributed by atoms with Crippen molar-refractivity contribution in [3.05, 3.63) is 41.8 Å². The Morgan fingerprint density at radius 2 is 2.05 bits per heavy atom. The van der Waals surface area contributed by atoms with Crippen LogP contribution in [0.1, 0.15) is 0 Å². The van der Waals surface area contributed by atoms with E-state index in [-0.39, 0.29) is 0 Å². The van der Waals surface area contributed by atoms with Gasteiger partial charge in [-0.1, -0.05) is 16.8 Å². The second-order valence-corrected chi connectivity index (χ2v) is 7.38. The highest BCUT2D eigenvalue weighted by Gasteiger charge is 2.16. The van der Waals surface area contributed by atoms with Crippen molar-refractivity contribution in [1.29, 1.82) is 0 Å². The van der Waals surface area contributed by atoms with Gasteiger partial charge in [0.05, 0.1) is 5.02 Å². The minimum Gasteiger partial charge on any atom is -0.333 e. The van der Waals surface area contributed by atoms with Crippen LogP contribution in [0.25, 0.3) is 22.2 Å². The van der Waals surface area contributed by atoms with Gasteiger partial charge in [0.15, 0.2) is 0 Å². The Hall–Kier alpha value is -0.190. The molecule has 0 spiro atoms. The van der Waals surface area contributed by atoms with Crippen molar-refractivity contribution >= 4 is 68.1 Å². The van der Waals surface area contributed by atoms with Crippen LogP contribution in [0, 0.1) is 7.14 Å². The number of hydrogen-bond acceptors (Lipinski definition) is 4. The first-order valence-electron chi connectivity index (χ1n) is 5.17. The van der Waals surface area contributed by atoms with Gasteiger partial charge in [0.2, 0.25) is 5.82 Å². The zero-order chi connectivity index (χ0) is 13.4. The van der Waals surface area contributed by atoms with E-state index in [1.165, 1.54) is 14.9 Å². The SMILES string of the molecule is Clc1ccsc1-c1nc(-c2ccc(I)cc2I)no1. The maximum absolute atomic E-state index is 6.06. The molecular formula is C12H5ClI2N2OS. The minimum absolute atomic E-state index is 0.462. The Morgan fingerprint density at radius 3 is 2.74 bits per heavy atom. The number of hydrogen-bond donors (Lipinski definition) is 0. The molecule has 3 nitrogen and oxygen atoms in total. The summed E-state index contributed by atoms with van der Waals surface area (Å²) in [6.45, 7) is 0. The lowest BCUT2D eigenvalue weighted by molar-refractivity contribution is 0.433. The molecule has 0 radical (unpaired) electrons. The maximum Gasteiger partial charge on any atom is 0.269 e. The number of thiophene rings is 1. The first-order chi connectivity index (χ1) is 9.15. The van der Waals surface area contributed by atoms with Crippen LogP contribution in [0.2, 0.25) is 5.02 Å². The van der Waals surface area contributed by atoms with Gasteiger partial charge in [-0.3, -0.25) is 0 Å². The summed E-state index contributed by atoms with van der Waals surface area (Å²) >= 11 is 12.1. The zero-order valence-corrected chi connectivity index (χ0v) is 15.1. The smallest absolute Gasteiger partial charge is 0.269 e. The Morgan fingerprint density at radius 1 is 1.21 bits per heavy atom. The highest BCUT2D eigenvalue weighted by Crippen LogP contribution is 2.33. The van der Waals surface area contributed by atoms with Crippen LogP contribution in [0.5, 0.6) is 0 Å². The largest absolute Gasteiger partial charge is 0.333 e. The first-order valence-corrected chi connectivity index (χ1v) is 8.59. The average molecular weight is 515 g/mol. The van der Waals surface area contributed by atoms with Crippen molar-refractivity contribution in [3.63, 3.8) is 0 Å². The van der Waals surface area contributed by atoms with E-state index in [0.29, 0.717) is 16.7 Å². The molecule has 0 aliphatic rings. The number of nitrogens with zero attached hydrogens (tertiary/aromatic N) is 2. The van der Waals surface area contributed by atoms with Gasteiger partial charge < -0.3 is 4.52 Å². The number of benzene rings is 1. The number of aromatic nitrogens is 2. The monoisotopic (exact) mass is 514 g/mol. The molecule has 0 saturated carbocycles. The summed E-state index contributed by atoms with van der Waals surface area (Å²) in [4.78, 5) is 5.22. The number of rotatable bonds is 2. The fourth-order valence-electron chi connectivity index (χ4n) is 1.54. The lowest BCUT2D eigenvalue weighted by Crippen LogP contribution is -1.86. The molecule has 0 bridgehead atoms. The molecule has 2 aromatic heterocycles. The van der Waals surface area contributed by atoms with E-state index in [2.05, 4.69) is 61.4 Å². The fourth-order valence-corrected chi connectivity index (χ4v) is 4.44. The Labute approximate surface area is 145 Å². The highest BCUT2D eigenvalue weighted by atomic mass is 127. The average Bonchev–Trinajstić information content (AvgIpc) is 2.97. The zero-order valence-electron chi connectivity index (χ0n) is 9.23. The van der Waals surface area contributed by atoms with Crippen molar-refractivity contribution in [2.75, 3.05) is 0 Å². The van der Waals surface area contributed by atoms with E-state index in [0.717, 1.165) is 14.0 Å².